The lowest BCUT2D eigenvalue weighted by Gasteiger charge is -2.27. The molecule has 1 fully saturated rings. The molecule has 0 spiro atoms. The molecule has 2 N–H and O–H groups in total. The maximum atomic E-state index is 10.6. The van der Waals surface area contributed by atoms with E-state index in [1.807, 2.05) is 18.2 Å². The van der Waals surface area contributed by atoms with Crippen molar-refractivity contribution in [2.45, 2.75) is 44.1 Å². The van der Waals surface area contributed by atoms with Gasteiger partial charge >= 0.3 is 0 Å². The molecule has 0 aromatic heterocycles. The molecule has 0 aliphatic heterocycles. The predicted octanol–water partition coefficient (Wildman–Crippen LogP) is 4.60. The summed E-state index contributed by atoms with van der Waals surface area (Å²) in [7, 11) is 0. The average Bonchev–Trinajstić information content (AvgIpc) is 2.57. The van der Waals surface area contributed by atoms with Crippen LogP contribution in [0.2, 0.25) is 5.02 Å². The first kappa shape index (κ1) is 14.2. The van der Waals surface area contributed by atoms with Gasteiger partial charge in [-0.05, 0) is 40.9 Å². The largest absolute Gasteiger partial charge is 0.388 e. The van der Waals surface area contributed by atoms with Crippen molar-refractivity contribution in [3.63, 3.8) is 0 Å². The lowest BCUT2D eigenvalue weighted by atomic mass is 9.94. The standard InChI is InChI=1S/C14H19BrClNO/c15-13-11(16)6-5-7-12(13)17-10-14(18)8-3-1-2-4-9-14/h5-7,17-18H,1-4,8-10H2. The molecule has 1 aliphatic carbocycles. The molecule has 0 amide bonds. The van der Waals surface area contributed by atoms with E-state index < -0.39 is 5.60 Å². The summed E-state index contributed by atoms with van der Waals surface area (Å²) in [5.74, 6) is 0. The fourth-order valence-corrected chi connectivity index (χ4v) is 3.04. The zero-order valence-electron chi connectivity index (χ0n) is 10.4. The van der Waals surface area contributed by atoms with Crippen LogP contribution in [-0.4, -0.2) is 17.3 Å². The molecular formula is C14H19BrClNO. The van der Waals surface area contributed by atoms with Gasteiger partial charge in [-0.15, -0.1) is 0 Å². The highest BCUT2D eigenvalue weighted by molar-refractivity contribution is 9.10. The number of anilines is 1. The highest BCUT2D eigenvalue weighted by Gasteiger charge is 2.27. The first-order chi connectivity index (χ1) is 8.61. The van der Waals surface area contributed by atoms with Gasteiger partial charge in [0.1, 0.15) is 0 Å². The maximum Gasteiger partial charge on any atom is 0.0819 e. The van der Waals surface area contributed by atoms with Crippen LogP contribution < -0.4 is 5.32 Å². The number of hydrogen-bond donors (Lipinski definition) is 2. The number of hydrogen-bond acceptors (Lipinski definition) is 2. The zero-order valence-corrected chi connectivity index (χ0v) is 12.7. The van der Waals surface area contributed by atoms with Crippen LogP contribution in [0.3, 0.4) is 0 Å². The molecule has 100 valence electrons. The van der Waals surface area contributed by atoms with E-state index in [0.717, 1.165) is 35.8 Å². The second-order valence-electron chi connectivity index (χ2n) is 5.09. The van der Waals surface area contributed by atoms with Crippen molar-refractivity contribution in [3.8, 4) is 0 Å². The van der Waals surface area contributed by atoms with E-state index in [1.165, 1.54) is 12.8 Å². The van der Waals surface area contributed by atoms with Gasteiger partial charge in [0.25, 0.3) is 0 Å². The topological polar surface area (TPSA) is 32.3 Å². The summed E-state index contributed by atoms with van der Waals surface area (Å²) in [6, 6.07) is 5.72. The van der Waals surface area contributed by atoms with Gasteiger partial charge in [0.15, 0.2) is 0 Å². The third kappa shape index (κ3) is 3.62. The SMILES string of the molecule is OC1(CNc2cccc(Cl)c2Br)CCCCCC1. The minimum atomic E-state index is -0.571. The van der Waals surface area contributed by atoms with Crippen molar-refractivity contribution < 1.29 is 5.11 Å². The van der Waals surface area contributed by atoms with Crippen molar-refractivity contribution in [1.29, 1.82) is 0 Å². The maximum absolute atomic E-state index is 10.6. The Labute approximate surface area is 122 Å². The third-order valence-electron chi connectivity index (χ3n) is 3.59. The molecule has 2 nitrogen and oxygen atoms in total. The van der Waals surface area contributed by atoms with Crippen LogP contribution in [0.4, 0.5) is 5.69 Å². The lowest BCUT2D eigenvalue weighted by molar-refractivity contribution is 0.0381. The molecule has 1 aliphatic rings. The molecule has 1 aromatic carbocycles. The number of rotatable bonds is 3. The fraction of sp³-hybridized carbons (Fsp3) is 0.571. The minimum Gasteiger partial charge on any atom is -0.388 e. The molecule has 0 unspecified atom stereocenters. The van der Waals surface area contributed by atoms with E-state index in [4.69, 9.17) is 11.6 Å². The molecule has 0 atom stereocenters. The number of benzene rings is 1. The van der Waals surface area contributed by atoms with Crippen molar-refractivity contribution in [3.05, 3.63) is 27.7 Å². The highest BCUT2D eigenvalue weighted by Crippen LogP contribution is 2.32. The van der Waals surface area contributed by atoms with E-state index in [2.05, 4.69) is 21.2 Å². The van der Waals surface area contributed by atoms with Crippen LogP contribution in [0, 0.1) is 0 Å². The van der Waals surface area contributed by atoms with Crippen LogP contribution >= 0.6 is 27.5 Å². The monoisotopic (exact) mass is 331 g/mol. The Morgan fingerprint density at radius 3 is 2.56 bits per heavy atom. The molecule has 1 aromatic rings. The quantitative estimate of drug-likeness (QED) is 0.793. The van der Waals surface area contributed by atoms with Crippen LogP contribution in [0.5, 0.6) is 0 Å². The molecule has 4 heteroatoms. The third-order valence-corrected chi connectivity index (χ3v) is 4.99. The summed E-state index contributed by atoms with van der Waals surface area (Å²) in [4.78, 5) is 0. The molecule has 0 saturated heterocycles. The number of nitrogens with one attached hydrogen (secondary N) is 1. The molecule has 2 rings (SSSR count). The van der Waals surface area contributed by atoms with Crippen molar-refractivity contribution in [2.24, 2.45) is 0 Å². The average molecular weight is 333 g/mol. The Morgan fingerprint density at radius 2 is 1.89 bits per heavy atom. The minimum absolute atomic E-state index is 0.571. The first-order valence-corrected chi connectivity index (χ1v) is 7.68. The molecule has 0 bridgehead atoms. The fourth-order valence-electron chi connectivity index (χ4n) is 2.46. The van der Waals surface area contributed by atoms with E-state index in [1.54, 1.807) is 0 Å². The second kappa shape index (κ2) is 6.27. The Balaban J connectivity index is 1.99. The Hall–Kier alpha value is -0.250. The smallest absolute Gasteiger partial charge is 0.0819 e. The van der Waals surface area contributed by atoms with Gasteiger partial charge in [0.05, 0.1) is 20.8 Å². The van der Waals surface area contributed by atoms with Crippen molar-refractivity contribution in [1.82, 2.24) is 0 Å². The first-order valence-electron chi connectivity index (χ1n) is 6.51. The van der Waals surface area contributed by atoms with E-state index in [0.29, 0.717) is 11.6 Å². The molecular weight excluding hydrogens is 314 g/mol. The van der Waals surface area contributed by atoms with Gasteiger partial charge in [0, 0.05) is 6.54 Å². The summed E-state index contributed by atoms with van der Waals surface area (Å²) >= 11 is 9.51. The predicted molar refractivity (Wildman–Crippen MR) is 80.3 cm³/mol. The molecule has 0 heterocycles. The summed E-state index contributed by atoms with van der Waals surface area (Å²) in [6.45, 7) is 0.589. The van der Waals surface area contributed by atoms with Crippen LogP contribution in [0.25, 0.3) is 0 Å². The van der Waals surface area contributed by atoms with Crippen LogP contribution in [0.1, 0.15) is 38.5 Å². The van der Waals surface area contributed by atoms with Crippen LogP contribution in [-0.2, 0) is 0 Å². The van der Waals surface area contributed by atoms with Crippen molar-refractivity contribution >= 4 is 33.2 Å². The lowest BCUT2D eigenvalue weighted by Crippen LogP contribution is -2.36. The zero-order chi connectivity index (χ0) is 13.0. The Morgan fingerprint density at radius 1 is 1.22 bits per heavy atom. The van der Waals surface area contributed by atoms with Crippen molar-refractivity contribution in [2.75, 3.05) is 11.9 Å². The van der Waals surface area contributed by atoms with E-state index >= 15 is 0 Å². The highest BCUT2D eigenvalue weighted by atomic mass is 79.9. The van der Waals surface area contributed by atoms with Gasteiger partial charge < -0.3 is 10.4 Å². The van der Waals surface area contributed by atoms with E-state index in [9.17, 15) is 5.11 Å². The van der Waals surface area contributed by atoms with Crippen LogP contribution in [0.15, 0.2) is 22.7 Å². The van der Waals surface area contributed by atoms with Gasteiger partial charge in [-0.2, -0.15) is 0 Å². The number of halogens is 2. The summed E-state index contributed by atoms with van der Waals surface area (Å²) in [6.07, 6.45) is 6.49. The normalized spacial score (nSPS) is 19.3. The molecule has 18 heavy (non-hydrogen) atoms. The van der Waals surface area contributed by atoms with Gasteiger partial charge in [0.2, 0.25) is 0 Å². The van der Waals surface area contributed by atoms with Gasteiger partial charge in [-0.3, -0.25) is 0 Å². The van der Waals surface area contributed by atoms with Gasteiger partial charge in [-0.25, -0.2) is 0 Å². The summed E-state index contributed by atoms with van der Waals surface area (Å²) < 4.78 is 0.865. The summed E-state index contributed by atoms with van der Waals surface area (Å²) in [5.41, 5.74) is 0.373. The number of aliphatic hydroxyl groups is 1. The van der Waals surface area contributed by atoms with E-state index in [-0.39, 0.29) is 0 Å². The Bertz CT molecular complexity index is 403. The molecule has 1 saturated carbocycles. The summed E-state index contributed by atoms with van der Waals surface area (Å²) in [5, 5.41) is 14.6. The molecule has 0 radical (unpaired) electrons. The Kier molecular flexibility index (Phi) is 4.93. The second-order valence-corrected chi connectivity index (χ2v) is 6.29. The van der Waals surface area contributed by atoms with Gasteiger partial charge in [-0.1, -0.05) is 43.4 Å².